The van der Waals surface area contributed by atoms with Gasteiger partial charge in [-0.3, -0.25) is 9.59 Å². The van der Waals surface area contributed by atoms with Crippen molar-refractivity contribution in [1.82, 2.24) is 0 Å². The zero-order chi connectivity index (χ0) is 26.0. The van der Waals surface area contributed by atoms with E-state index in [4.69, 9.17) is 9.16 Å². The predicted molar refractivity (Wildman–Crippen MR) is 142 cm³/mol. The summed E-state index contributed by atoms with van der Waals surface area (Å²) < 4.78 is 11.5. The van der Waals surface area contributed by atoms with Crippen molar-refractivity contribution in [1.29, 1.82) is 0 Å². The number of esters is 1. The molecule has 1 fully saturated rings. The Labute approximate surface area is 210 Å². The molecule has 0 aromatic heterocycles. The van der Waals surface area contributed by atoms with E-state index < -0.39 is 13.9 Å². The highest BCUT2D eigenvalue weighted by Gasteiger charge is 2.46. The smallest absolute Gasteiger partial charge is 0.305 e. The summed E-state index contributed by atoms with van der Waals surface area (Å²) in [6.45, 7) is 15.2. The molecule has 0 saturated heterocycles. The van der Waals surface area contributed by atoms with E-state index in [0.29, 0.717) is 25.0 Å². The Bertz CT molecular complexity index is 662. The predicted octanol–water partition coefficient (Wildman–Crippen LogP) is 6.98. The van der Waals surface area contributed by atoms with Gasteiger partial charge in [0.15, 0.2) is 8.32 Å². The molecule has 1 saturated carbocycles. The van der Waals surface area contributed by atoms with Crippen LogP contribution < -0.4 is 0 Å². The highest BCUT2D eigenvalue weighted by molar-refractivity contribution is 6.74. The maximum atomic E-state index is 13.1. The molecule has 34 heavy (non-hydrogen) atoms. The van der Waals surface area contributed by atoms with E-state index in [2.05, 4.69) is 52.9 Å². The lowest BCUT2D eigenvalue weighted by molar-refractivity contribution is -0.140. The van der Waals surface area contributed by atoms with Crippen LogP contribution in [0.3, 0.4) is 0 Å². The third kappa shape index (κ3) is 10.3. The van der Waals surface area contributed by atoms with Gasteiger partial charge in [-0.15, -0.1) is 0 Å². The molecule has 0 radical (unpaired) electrons. The maximum Gasteiger partial charge on any atom is 0.305 e. The Balaban J connectivity index is 2.85. The van der Waals surface area contributed by atoms with Gasteiger partial charge in [-0.2, -0.15) is 0 Å². The fourth-order valence-corrected chi connectivity index (χ4v) is 5.83. The Morgan fingerprint density at radius 2 is 1.76 bits per heavy atom. The van der Waals surface area contributed by atoms with Gasteiger partial charge in [0.25, 0.3) is 0 Å². The topological polar surface area (TPSA) is 72.8 Å². The molecule has 0 aliphatic heterocycles. The van der Waals surface area contributed by atoms with E-state index in [1.807, 2.05) is 6.92 Å². The minimum atomic E-state index is -2.01. The van der Waals surface area contributed by atoms with Crippen LogP contribution in [0.5, 0.6) is 0 Å². The average Bonchev–Trinajstić information content (AvgIpc) is 3.01. The summed E-state index contributed by atoms with van der Waals surface area (Å²) in [5.74, 6) is 0.202. The lowest BCUT2D eigenvalue weighted by Crippen LogP contribution is -2.45. The van der Waals surface area contributed by atoms with Crippen molar-refractivity contribution in [3.05, 3.63) is 12.2 Å². The number of carbonyl (C=O) groups excluding carboxylic acids is 2. The summed E-state index contributed by atoms with van der Waals surface area (Å²) in [5, 5.41) is 10.8. The molecule has 1 rings (SSSR count). The number of hydrogen-bond donors (Lipinski definition) is 1. The quantitative estimate of drug-likeness (QED) is 0.115. The van der Waals surface area contributed by atoms with Crippen molar-refractivity contribution in [2.24, 2.45) is 11.8 Å². The number of ether oxygens (including phenoxy) is 1. The third-order valence-electron chi connectivity index (χ3n) is 7.82. The van der Waals surface area contributed by atoms with Crippen LogP contribution in [0.25, 0.3) is 0 Å². The normalized spacial score (nSPS) is 23.4. The largest absolute Gasteiger partial charge is 0.469 e. The summed E-state index contributed by atoms with van der Waals surface area (Å²) in [7, 11) is -0.583. The number of carbonyl (C=O) groups is 2. The molecule has 1 aliphatic rings. The fourth-order valence-electron chi connectivity index (χ4n) is 4.47. The van der Waals surface area contributed by atoms with Crippen LogP contribution >= 0.6 is 0 Å². The number of unbranched alkanes of at least 4 members (excludes halogenated alkanes) is 4. The van der Waals surface area contributed by atoms with Crippen molar-refractivity contribution in [3.63, 3.8) is 0 Å². The summed E-state index contributed by atoms with van der Waals surface area (Å²) in [6.07, 6.45) is 13.3. The minimum absolute atomic E-state index is 0.0211. The van der Waals surface area contributed by atoms with Crippen molar-refractivity contribution in [2.45, 2.75) is 135 Å². The molecular formula is C28H52O5Si. The first-order valence-electron chi connectivity index (χ1n) is 13.4. The van der Waals surface area contributed by atoms with E-state index in [1.54, 1.807) is 0 Å². The van der Waals surface area contributed by atoms with E-state index in [-0.39, 0.29) is 28.9 Å². The second-order valence-electron chi connectivity index (χ2n) is 12.0. The van der Waals surface area contributed by atoms with Gasteiger partial charge in [0.2, 0.25) is 0 Å². The van der Waals surface area contributed by atoms with Crippen LogP contribution in [-0.4, -0.2) is 44.0 Å². The lowest BCUT2D eigenvalue weighted by Gasteiger charge is -2.39. The number of hydrogen-bond acceptors (Lipinski definition) is 5. The van der Waals surface area contributed by atoms with Crippen LogP contribution in [-0.2, 0) is 18.8 Å². The van der Waals surface area contributed by atoms with Crippen LogP contribution in [0.15, 0.2) is 12.2 Å². The van der Waals surface area contributed by atoms with Gasteiger partial charge in [0.05, 0.1) is 18.8 Å². The van der Waals surface area contributed by atoms with Gasteiger partial charge in [-0.1, -0.05) is 72.0 Å². The van der Waals surface area contributed by atoms with Gasteiger partial charge in [0, 0.05) is 24.7 Å². The molecule has 5 nitrogen and oxygen atoms in total. The zero-order valence-electron chi connectivity index (χ0n) is 23.2. The SMILES string of the molecule is CCCCC(C)(O)C/C=C/[C@H]1C(O[Si](C)(C)C(C)(C)C)CC(=O)[C@@H]1CCCCCCC(=O)OC. The summed E-state index contributed by atoms with van der Waals surface area (Å²) in [4.78, 5) is 24.4. The number of ketones is 1. The minimum Gasteiger partial charge on any atom is -0.469 e. The Morgan fingerprint density at radius 1 is 1.12 bits per heavy atom. The molecule has 0 amide bonds. The van der Waals surface area contributed by atoms with Crippen LogP contribution in [0, 0.1) is 11.8 Å². The highest BCUT2D eigenvalue weighted by Crippen LogP contribution is 2.43. The van der Waals surface area contributed by atoms with E-state index in [1.165, 1.54) is 7.11 Å². The molecule has 0 aromatic carbocycles. The molecule has 0 spiro atoms. The molecule has 4 atom stereocenters. The number of rotatable bonds is 15. The molecule has 198 valence electrons. The van der Waals surface area contributed by atoms with Gasteiger partial charge in [-0.05, 0) is 50.7 Å². The second-order valence-corrected chi connectivity index (χ2v) is 16.8. The third-order valence-corrected chi connectivity index (χ3v) is 12.3. The summed E-state index contributed by atoms with van der Waals surface area (Å²) in [6, 6.07) is 0. The highest BCUT2D eigenvalue weighted by atomic mass is 28.4. The van der Waals surface area contributed by atoms with Crippen LogP contribution in [0.2, 0.25) is 18.1 Å². The first kappa shape index (κ1) is 31.0. The van der Waals surface area contributed by atoms with E-state index in [9.17, 15) is 14.7 Å². The number of methoxy groups -OCH3 is 1. The van der Waals surface area contributed by atoms with Gasteiger partial charge in [0.1, 0.15) is 5.78 Å². The van der Waals surface area contributed by atoms with Crippen molar-refractivity contribution < 1.29 is 23.9 Å². The molecule has 6 heteroatoms. The standard InChI is InChI=1S/C28H52O5Si/c1-9-10-19-28(5,31)20-15-17-23-22(16-13-11-12-14-18-26(30)32-6)24(29)21-25(23)33-34(7,8)27(2,3)4/h15,17,22-23,25,31H,9-14,16,18-21H2,1-8H3/b17-15+/t22-,23-,25?,28?/m1/s1. The van der Waals surface area contributed by atoms with Crippen LogP contribution in [0.1, 0.15) is 105 Å². The summed E-state index contributed by atoms with van der Waals surface area (Å²) >= 11 is 0. The van der Waals surface area contributed by atoms with Crippen molar-refractivity contribution in [2.75, 3.05) is 7.11 Å². The first-order valence-corrected chi connectivity index (χ1v) is 16.3. The zero-order valence-corrected chi connectivity index (χ0v) is 24.2. The van der Waals surface area contributed by atoms with Crippen LogP contribution in [0.4, 0.5) is 0 Å². The molecule has 0 heterocycles. The molecule has 1 N–H and O–H groups in total. The fraction of sp³-hybridized carbons (Fsp3) is 0.857. The van der Waals surface area contributed by atoms with Gasteiger partial charge >= 0.3 is 5.97 Å². The Hall–Kier alpha value is -0.983. The molecule has 0 bridgehead atoms. The maximum absolute atomic E-state index is 13.1. The van der Waals surface area contributed by atoms with Gasteiger partial charge in [-0.25, -0.2) is 0 Å². The Kier molecular flexibility index (Phi) is 12.7. The molecule has 1 aliphatic carbocycles. The van der Waals surface area contributed by atoms with Gasteiger partial charge < -0.3 is 14.3 Å². The van der Waals surface area contributed by atoms with E-state index >= 15 is 0 Å². The molecule has 2 unspecified atom stereocenters. The monoisotopic (exact) mass is 496 g/mol. The Morgan fingerprint density at radius 3 is 2.35 bits per heavy atom. The molecular weight excluding hydrogens is 444 g/mol. The average molecular weight is 497 g/mol. The molecule has 0 aromatic rings. The van der Waals surface area contributed by atoms with Crippen molar-refractivity contribution >= 4 is 20.1 Å². The van der Waals surface area contributed by atoms with E-state index in [0.717, 1.165) is 51.4 Å². The lowest BCUT2D eigenvalue weighted by atomic mass is 9.87. The second kappa shape index (κ2) is 13.9. The number of aliphatic hydroxyl groups is 1. The summed E-state index contributed by atoms with van der Waals surface area (Å²) in [5.41, 5.74) is -0.708. The first-order chi connectivity index (χ1) is 15.7. The number of Topliss-reactive ketones (excluding diaryl/α,β-unsaturated/α-hetero) is 1. The van der Waals surface area contributed by atoms with Crippen molar-refractivity contribution in [3.8, 4) is 0 Å².